The second kappa shape index (κ2) is 10.8. The van der Waals surface area contributed by atoms with Gasteiger partial charge in [0.2, 0.25) is 5.91 Å². The van der Waals surface area contributed by atoms with Gasteiger partial charge in [-0.2, -0.15) is 0 Å². The molecule has 8 heteroatoms. The summed E-state index contributed by atoms with van der Waals surface area (Å²) in [6, 6.07) is 22.6. The highest BCUT2D eigenvalue weighted by Gasteiger charge is 2.26. The van der Waals surface area contributed by atoms with E-state index in [1.165, 1.54) is 36.0 Å². The van der Waals surface area contributed by atoms with E-state index in [0.717, 1.165) is 16.9 Å². The first kappa shape index (κ1) is 23.3. The van der Waals surface area contributed by atoms with E-state index in [9.17, 15) is 9.18 Å². The number of nitrogens with one attached hydrogen (secondary N) is 1. The third-order valence-electron chi connectivity index (χ3n) is 5.05. The minimum absolute atomic E-state index is 0.248. The van der Waals surface area contributed by atoms with Crippen LogP contribution in [0.3, 0.4) is 0 Å². The Hall–Kier alpha value is -3.91. The number of ether oxygens (including phenoxy) is 1. The normalized spacial score (nSPS) is 11.6. The molecule has 0 radical (unpaired) electrons. The Morgan fingerprint density at radius 2 is 1.79 bits per heavy atom. The fourth-order valence-corrected chi connectivity index (χ4v) is 4.42. The first-order valence-electron chi connectivity index (χ1n) is 10.6. The number of benzene rings is 3. The molecule has 172 valence electrons. The maximum atomic E-state index is 13.3. The number of thioether (sulfide) groups is 1. The van der Waals surface area contributed by atoms with E-state index in [0.29, 0.717) is 23.2 Å². The van der Waals surface area contributed by atoms with Gasteiger partial charge < -0.3 is 10.1 Å². The molecule has 34 heavy (non-hydrogen) atoms. The van der Waals surface area contributed by atoms with Crippen molar-refractivity contribution < 1.29 is 13.9 Å². The third-order valence-corrected chi connectivity index (χ3v) is 6.29. The number of halogens is 1. The van der Waals surface area contributed by atoms with Crippen LogP contribution in [0.15, 0.2) is 96.7 Å². The molecule has 1 heterocycles. The zero-order valence-corrected chi connectivity index (χ0v) is 19.3. The van der Waals surface area contributed by atoms with Gasteiger partial charge in [0.15, 0.2) is 11.0 Å². The van der Waals surface area contributed by atoms with E-state index in [1.54, 1.807) is 13.2 Å². The van der Waals surface area contributed by atoms with Crippen molar-refractivity contribution in [3.8, 4) is 17.1 Å². The molecule has 4 aromatic rings. The van der Waals surface area contributed by atoms with Gasteiger partial charge in [-0.15, -0.1) is 16.8 Å². The molecule has 4 rings (SSSR count). The lowest BCUT2D eigenvalue weighted by Crippen LogP contribution is -2.19. The summed E-state index contributed by atoms with van der Waals surface area (Å²) < 4.78 is 20.4. The van der Waals surface area contributed by atoms with Gasteiger partial charge in [0.25, 0.3) is 0 Å². The summed E-state index contributed by atoms with van der Waals surface area (Å²) in [5.41, 5.74) is 2.19. The SMILES string of the molecule is C=CCn1c(SC(C(=O)Nc2ccc(F)cc2)c2ccccc2)nnc1-c1ccc(OC)cc1. The summed E-state index contributed by atoms with van der Waals surface area (Å²) in [7, 11) is 1.62. The van der Waals surface area contributed by atoms with Crippen LogP contribution < -0.4 is 10.1 Å². The Bertz CT molecular complexity index is 1260. The van der Waals surface area contributed by atoms with Crippen molar-refractivity contribution in [2.45, 2.75) is 17.0 Å². The van der Waals surface area contributed by atoms with Crippen LogP contribution in [0.4, 0.5) is 10.1 Å². The Morgan fingerprint density at radius 3 is 2.44 bits per heavy atom. The van der Waals surface area contributed by atoms with Crippen LogP contribution in [0.2, 0.25) is 0 Å². The van der Waals surface area contributed by atoms with Crippen molar-refractivity contribution >= 4 is 23.4 Å². The summed E-state index contributed by atoms with van der Waals surface area (Å²) in [4.78, 5) is 13.3. The zero-order valence-electron chi connectivity index (χ0n) is 18.5. The molecule has 0 saturated carbocycles. The molecule has 0 bridgehead atoms. The van der Waals surface area contributed by atoms with Crippen LogP contribution >= 0.6 is 11.8 Å². The molecule has 1 N–H and O–H groups in total. The summed E-state index contributed by atoms with van der Waals surface area (Å²) >= 11 is 1.29. The Kier molecular flexibility index (Phi) is 7.39. The van der Waals surface area contributed by atoms with Crippen molar-refractivity contribution in [3.63, 3.8) is 0 Å². The first-order valence-corrected chi connectivity index (χ1v) is 11.4. The van der Waals surface area contributed by atoms with Crippen LogP contribution in [-0.4, -0.2) is 27.8 Å². The van der Waals surface area contributed by atoms with Crippen LogP contribution in [0.1, 0.15) is 10.8 Å². The Balaban J connectivity index is 1.66. The quantitative estimate of drug-likeness (QED) is 0.247. The van der Waals surface area contributed by atoms with Crippen LogP contribution in [0.5, 0.6) is 5.75 Å². The van der Waals surface area contributed by atoms with Crippen molar-refractivity contribution in [1.82, 2.24) is 14.8 Å². The molecular weight excluding hydrogens is 451 g/mol. The lowest BCUT2D eigenvalue weighted by Gasteiger charge is -2.17. The molecule has 3 aromatic carbocycles. The average molecular weight is 475 g/mol. The van der Waals surface area contributed by atoms with Crippen LogP contribution in [0.25, 0.3) is 11.4 Å². The smallest absolute Gasteiger partial charge is 0.242 e. The van der Waals surface area contributed by atoms with Gasteiger partial charge in [-0.05, 0) is 54.1 Å². The molecule has 0 fully saturated rings. The minimum atomic E-state index is -0.609. The largest absolute Gasteiger partial charge is 0.497 e. The number of aromatic nitrogens is 3. The number of allylic oxidation sites excluding steroid dienone is 1. The maximum Gasteiger partial charge on any atom is 0.242 e. The molecule has 1 amide bonds. The summed E-state index contributed by atoms with van der Waals surface area (Å²) in [6.07, 6.45) is 1.76. The Labute approximate surface area is 201 Å². The fraction of sp³-hybridized carbons (Fsp3) is 0.115. The molecule has 0 saturated heterocycles. The molecule has 0 aliphatic heterocycles. The standard InChI is InChI=1S/C26H23FN4O2S/c1-3-17-31-24(19-9-15-22(33-2)16-10-19)29-30-26(31)34-23(18-7-5-4-6-8-18)25(32)28-21-13-11-20(27)12-14-21/h3-16,23H,1,17H2,2H3,(H,28,32). The number of anilines is 1. The minimum Gasteiger partial charge on any atom is -0.497 e. The summed E-state index contributed by atoms with van der Waals surface area (Å²) in [5.74, 6) is 0.795. The number of hydrogen-bond donors (Lipinski definition) is 1. The predicted molar refractivity (Wildman–Crippen MR) is 132 cm³/mol. The molecule has 0 aliphatic carbocycles. The number of amides is 1. The van der Waals surface area contributed by atoms with Gasteiger partial charge in [-0.1, -0.05) is 48.2 Å². The second-order valence-electron chi connectivity index (χ2n) is 7.34. The molecule has 6 nitrogen and oxygen atoms in total. The lowest BCUT2D eigenvalue weighted by molar-refractivity contribution is -0.115. The highest BCUT2D eigenvalue weighted by atomic mass is 32.2. The van der Waals surface area contributed by atoms with Crippen molar-refractivity contribution in [3.05, 3.63) is 103 Å². The van der Waals surface area contributed by atoms with Crippen LogP contribution in [-0.2, 0) is 11.3 Å². The number of hydrogen-bond acceptors (Lipinski definition) is 5. The summed E-state index contributed by atoms with van der Waals surface area (Å²) in [6.45, 7) is 4.33. The molecule has 1 atom stereocenters. The number of methoxy groups -OCH3 is 1. The van der Waals surface area contributed by atoms with Crippen molar-refractivity contribution in [2.75, 3.05) is 12.4 Å². The van der Waals surface area contributed by atoms with Gasteiger partial charge in [0.05, 0.1) is 7.11 Å². The maximum absolute atomic E-state index is 13.3. The highest BCUT2D eigenvalue weighted by molar-refractivity contribution is 8.00. The predicted octanol–water partition coefficient (Wildman–Crippen LogP) is 5.75. The second-order valence-corrected chi connectivity index (χ2v) is 8.41. The van der Waals surface area contributed by atoms with Crippen molar-refractivity contribution in [1.29, 1.82) is 0 Å². The highest BCUT2D eigenvalue weighted by Crippen LogP contribution is 2.37. The number of carbonyl (C=O) groups excluding carboxylic acids is 1. The van der Waals surface area contributed by atoms with E-state index in [2.05, 4.69) is 22.1 Å². The fourth-order valence-electron chi connectivity index (χ4n) is 3.37. The van der Waals surface area contributed by atoms with E-state index in [4.69, 9.17) is 4.74 Å². The van der Waals surface area contributed by atoms with Crippen LogP contribution in [0, 0.1) is 5.82 Å². The van der Waals surface area contributed by atoms with E-state index >= 15 is 0 Å². The van der Waals surface area contributed by atoms with Gasteiger partial charge in [-0.25, -0.2) is 4.39 Å². The van der Waals surface area contributed by atoms with Gasteiger partial charge >= 0.3 is 0 Å². The molecule has 1 unspecified atom stereocenters. The molecule has 1 aromatic heterocycles. The molecule has 0 aliphatic rings. The van der Waals surface area contributed by atoms with Crippen molar-refractivity contribution in [2.24, 2.45) is 0 Å². The summed E-state index contributed by atoms with van der Waals surface area (Å²) in [5, 5.41) is 11.6. The number of rotatable bonds is 9. The molecular formula is C26H23FN4O2S. The van der Waals surface area contributed by atoms with Gasteiger partial charge in [0, 0.05) is 17.8 Å². The lowest BCUT2D eigenvalue weighted by atomic mass is 10.1. The van der Waals surface area contributed by atoms with E-state index in [1.807, 2.05) is 59.2 Å². The van der Waals surface area contributed by atoms with E-state index < -0.39 is 5.25 Å². The number of carbonyl (C=O) groups is 1. The van der Waals surface area contributed by atoms with Gasteiger partial charge in [-0.3, -0.25) is 9.36 Å². The average Bonchev–Trinajstić information content (AvgIpc) is 3.27. The van der Waals surface area contributed by atoms with E-state index in [-0.39, 0.29) is 11.7 Å². The van der Waals surface area contributed by atoms with Gasteiger partial charge in [0.1, 0.15) is 16.8 Å². The first-order chi connectivity index (χ1) is 16.6. The Morgan fingerprint density at radius 1 is 1.09 bits per heavy atom. The topological polar surface area (TPSA) is 69.0 Å². The molecule has 0 spiro atoms. The third kappa shape index (κ3) is 5.35. The monoisotopic (exact) mass is 474 g/mol. The number of nitrogens with zero attached hydrogens (tertiary/aromatic N) is 3. The zero-order chi connectivity index (χ0) is 23.9.